The highest BCUT2D eigenvalue weighted by Crippen LogP contribution is 2.18. The van der Waals surface area contributed by atoms with E-state index < -0.39 is 0 Å². The molecule has 3 aromatic carbocycles. The van der Waals surface area contributed by atoms with Gasteiger partial charge < -0.3 is 10.2 Å². The number of nitrogens with zero attached hydrogens (tertiary/aromatic N) is 1. The molecule has 0 aromatic heterocycles. The fourth-order valence-electron chi connectivity index (χ4n) is 5.85. The lowest BCUT2D eigenvalue weighted by Gasteiger charge is -2.31. The van der Waals surface area contributed by atoms with Crippen molar-refractivity contribution in [2.24, 2.45) is 0 Å². The van der Waals surface area contributed by atoms with Crippen molar-refractivity contribution < 1.29 is 0 Å². The Morgan fingerprint density at radius 2 is 1.09 bits per heavy atom. The number of hydrogen-bond donors (Lipinski definition) is 1. The molecule has 0 spiro atoms. The molecule has 3 heteroatoms. The van der Waals surface area contributed by atoms with Gasteiger partial charge in [0.25, 0.3) is 0 Å². The minimum Gasteiger partial charge on any atom is -0.369 e. The molecule has 4 rings (SSSR count). The molecule has 1 N–H and O–H groups in total. The van der Waals surface area contributed by atoms with Gasteiger partial charge in [-0.05, 0) is 60.6 Å². The number of rotatable bonds is 4. The summed E-state index contributed by atoms with van der Waals surface area (Å²) in [5.74, 6) is 0. The Kier molecular flexibility index (Phi) is 6.48. The molecule has 1 fully saturated rings. The standard InChI is InChI=1S/C29H37BN2/c1-19-14-22(4)28(23(5)15-19)30(29-24(6)16-20(2)17-25(29)7)27-9-8-26(18-21(27)3)32-12-10-31-11-13-32/h8-9,14-18,31H,10-13H2,1-7H3. The molecule has 0 aliphatic carbocycles. The Labute approximate surface area is 195 Å². The highest BCUT2D eigenvalue weighted by Gasteiger charge is 2.29. The average Bonchev–Trinajstić information content (AvgIpc) is 2.72. The smallest absolute Gasteiger partial charge is 0.242 e. The number of hydrogen-bond acceptors (Lipinski definition) is 2. The summed E-state index contributed by atoms with van der Waals surface area (Å²) in [4.78, 5) is 2.51. The van der Waals surface area contributed by atoms with E-state index in [-0.39, 0.29) is 6.71 Å². The first-order chi connectivity index (χ1) is 15.3. The molecule has 32 heavy (non-hydrogen) atoms. The largest absolute Gasteiger partial charge is 0.369 e. The van der Waals surface area contributed by atoms with E-state index in [1.165, 1.54) is 61.0 Å². The summed E-state index contributed by atoms with van der Waals surface area (Å²) < 4.78 is 0. The van der Waals surface area contributed by atoms with E-state index in [1.54, 1.807) is 0 Å². The molecule has 3 aromatic rings. The molecule has 0 amide bonds. The van der Waals surface area contributed by atoms with Gasteiger partial charge in [-0.3, -0.25) is 0 Å². The van der Waals surface area contributed by atoms with Gasteiger partial charge in [0.1, 0.15) is 0 Å². The number of anilines is 1. The maximum Gasteiger partial charge on any atom is 0.242 e. The van der Waals surface area contributed by atoms with Crippen molar-refractivity contribution in [1.82, 2.24) is 5.32 Å². The van der Waals surface area contributed by atoms with E-state index in [0.717, 1.165) is 26.2 Å². The van der Waals surface area contributed by atoms with Crippen LogP contribution in [-0.4, -0.2) is 32.9 Å². The predicted molar refractivity (Wildman–Crippen MR) is 142 cm³/mol. The molecule has 0 radical (unpaired) electrons. The maximum atomic E-state index is 3.46. The number of piperazine rings is 1. The molecule has 0 saturated carbocycles. The molecule has 1 saturated heterocycles. The van der Waals surface area contributed by atoms with Gasteiger partial charge in [-0.2, -0.15) is 0 Å². The minimum absolute atomic E-state index is 0.244. The summed E-state index contributed by atoms with van der Waals surface area (Å²) in [6.45, 7) is 20.4. The van der Waals surface area contributed by atoms with Gasteiger partial charge in [-0.25, -0.2) is 0 Å². The Morgan fingerprint density at radius 3 is 1.53 bits per heavy atom. The minimum atomic E-state index is 0.244. The lowest BCUT2D eigenvalue weighted by molar-refractivity contribution is 0.589. The van der Waals surface area contributed by atoms with Gasteiger partial charge in [0.15, 0.2) is 0 Å². The van der Waals surface area contributed by atoms with Crippen LogP contribution in [0.3, 0.4) is 0 Å². The molecule has 1 aliphatic heterocycles. The summed E-state index contributed by atoms with van der Waals surface area (Å²) in [7, 11) is 0. The first-order valence-corrected chi connectivity index (χ1v) is 12.0. The van der Waals surface area contributed by atoms with Crippen LogP contribution in [0.25, 0.3) is 0 Å². The normalized spacial score (nSPS) is 14.0. The zero-order valence-corrected chi connectivity index (χ0v) is 20.9. The molecule has 166 valence electrons. The number of nitrogens with one attached hydrogen (secondary N) is 1. The lowest BCUT2D eigenvalue weighted by Crippen LogP contribution is -2.56. The van der Waals surface area contributed by atoms with Crippen LogP contribution in [0, 0.1) is 48.5 Å². The van der Waals surface area contributed by atoms with Gasteiger partial charge >= 0.3 is 0 Å². The molecular weight excluding hydrogens is 387 g/mol. The Balaban J connectivity index is 1.92. The van der Waals surface area contributed by atoms with E-state index in [9.17, 15) is 0 Å². The van der Waals surface area contributed by atoms with E-state index in [2.05, 4.69) is 101 Å². The van der Waals surface area contributed by atoms with Crippen molar-refractivity contribution in [1.29, 1.82) is 0 Å². The number of aryl methyl sites for hydroxylation is 7. The van der Waals surface area contributed by atoms with Crippen LogP contribution >= 0.6 is 0 Å². The molecule has 1 heterocycles. The zero-order valence-electron chi connectivity index (χ0n) is 20.9. The molecule has 0 bridgehead atoms. The van der Waals surface area contributed by atoms with E-state index >= 15 is 0 Å². The van der Waals surface area contributed by atoms with E-state index in [0.29, 0.717) is 0 Å². The SMILES string of the molecule is Cc1cc(C)c(B(c2ccc(N3CCNCC3)cc2C)c2c(C)cc(C)cc2C)c(C)c1. The second-order valence-corrected chi connectivity index (χ2v) is 9.84. The van der Waals surface area contributed by atoms with Crippen LogP contribution in [-0.2, 0) is 0 Å². The molecule has 1 aliphatic rings. The van der Waals surface area contributed by atoms with Crippen LogP contribution in [0.1, 0.15) is 38.9 Å². The first kappa shape index (κ1) is 22.7. The van der Waals surface area contributed by atoms with Crippen molar-refractivity contribution >= 4 is 28.8 Å². The summed E-state index contributed by atoms with van der Waals surface area (Å²) in [6, 6.07) is 16.5. The molecule has 0 atom stereocenters. The zero-order chi connectivity index (χ0) is 23.0. The van der Waals surface area contributed by atoms with E-state index in [4.69, 9.17) is 0 Å². The summed E-state index contributed by atoms with van der Waals surface area (Å²) >= 11 is 0. The van der Waals surface area contributed by atoms with Crippen molar-refractivity contribution in [3.8, 4) is 0 Å². The summed E-state index contributed by atoms with van der Waals surface area (Å²) in [5, 5.41) is 3.46. The van der Waals surface area contributed by atoms with Crippen molar-refractivity contribution in [3.05, 3.63) is 81.4 Å². The van der Waals surface area contributed by atoms with Gasteiger partial charge in [0.2, 0.25) is 6.71 Å². The maximum absolute atomic E-state index is 3.46. The quantitative estimate of drug-likeness (QED) is 0.642. The predicted octanol–water partition coefficient (Wildman–Crippen LogP) is 3.77. The van der Waals surface area contributed by atoms with Crippen LogP contribution in [0.2, 0.25) is 0 Å². The highest BCUT2D eigenvalue weighted by atomic mass is 15.2. The van der Waals surface area contributed by atoms with E-state index in [1.807, 2.05) is 0 Å². The van der Waals surface area contributed by atoms with Gasteiger partial charge in [-0.1, -0.05) is 85.7 Å². The Hall–Kier alpha value is -2.52. The van der Waals surface area contributed by atoms with Crippen LogP contribution in [0.4, 0.5) is 5.69 Å². The lowest BCUT2D eigenvalue weighted by atomic mass is 9.33. The topological polar surface area (TPSA) is 15.3 Å². The van der Waals surface area contributed by atoms with Gasteiger partial charge in [0, 0.05) is 31.9 Å². The monoisotopic (exact) mass is 424 g/mol. The second kappa shape index (κ2) is 9.15. The molecular formula is C29H37BN2. The Morgan fingerprint density at radius 1 is 0.625 bits per heavy atom. The summed E-state index contributed by atoms with van der Waals surface area (Å²) in [6.07, 6.45) is 0. The van der Waals surface area contributed by atoms with Crippen LogP contribution < -0.4 is 26.6 Å². The van der Waals surface area contributed by atoms with Crippen LogP contribution in [0.15, 0.2) is 42.5 Å². The van der Waals surface area contributed by atoms with Crippen molar-refractivity contribution in [2.45, 2.75) is 48.5 Å². The Bertz CT molecular complexity index is 1040. The third-order valence-corrected chi connectivity index (χ3v) is 7.10. The number of benzene rings is 3. The van der Waals surface area contributed by atoms with Crippen LogP contribution in [0.5, 0.6) is 0 Å². The third kappa shape index (κ3) is 4.36. The third-order valence-electron chi connectivity index (χ3n) is 7.10. The first-order valence-electron chi connectivity index (χ1n) is 12.0. The fraction of sp³-hybridized carbons (Fsp3) is 0.379. The molecule has 0 unspecified atom stereocenters. The van der Waals surface area contributed by atoms with Gasteiger partial charge in [-0.15, -0.1) is 0 Å². The molecule has 2 nitrogen and oxygen atoms in total. The van der Waals surface area contributed by atoms with Gasteiger partial charge in [0.05, 0.1) is 0 Å². The van der Waals surface area contributed by atoms with Crippen molar-refractivity contribution in [3.63, 3.8) is 0 Å². The fourth-order valence-corrected chi connectivity index (χ4v) is 5.85. The summed E-state index contributed by atoms with van der Waals surface area (Å²) in [5.41, 5.74) is 15.3. The highest BCUT2D eigenvalue weighted by molar-refractivity contribution is 6.96. The second-order valence-electron chi connectivity index (χ2n) is 9.84. The van der Waals surface area contributed by atoms with Crippen molar-refractivity contribution in [2.75, 3.05) is 31.1 Å². The average molecular weight is 424 g/mol.